The zero-order valence-corrected chi connectivity index (χ0v) is 9.21. The fourth-order valence-corrected chi connectivity index (χ4v) is 2.35. The molecule has 0 aromatic rings. The van der Waals surface area contributed by atoms with Crippen molar-refractivity contribution >= 4 is 0 Å². The minimum atomic E-state index is -0.678. The van der Waals surface area contributed by atoms with Gasteiger partial charge in [-0.2, -0.15) is 0 Å². The number of aliphatic hydroxyl groups is 2. The van der Waals surface area contributed by atoms with Crippen molar-refractivity contribution in [3.8, 4) is 0 Å². The van der Waals surface area contributed by atoms with E-state index in [9.17, 15) is 5.11 Å². The van der Waals surface area contributed by atoms with Crippen LogP contribution in [0.25, 0.3) is 0 Å². The fraction of sp³-hybridized carbons (Fsp3) is 1.00. The first-order chi connectivity index (χ1) is 6.94. The molecular weight excluding hydrogens is 200 g/mol. The van der Waals surface area contributed by atoms with Gasteiger partial charge in [-0.3, -0.25) is 0 Å². The predicted octanol–water partition coefficient (Wildman–Crippen LogP) is -0.148. The Hall–Kier alpha value is -0.200. The van der Waals surface area contributed by atoms with Gasteiger partial charge in [-0.05, 0) is 20.8 Å². The van der Waals surface area contributed by atoms with E-state index in [1.54, 1.807) is 6.92 Å². The molecule has 2 aliphatic rings. The molecule has 0 spiro atoms. The summed E-state index contributed by atoms with van der Waals surface area (Å²) in [7, 11) is 0. The van der Waals surface area contributed by atoms with Crippen LogP contribution in [0, 0.1) is 5.92 Å². The van der Waals surface area contributed by atoms with Crippen LogP contribution in [0.4, 0.5) is 0 Å². The second-order valence-corrected chi connectivity index (χ2v) is 4.64. The molecule has 5 atom stereocenters. The van der Waals surface area contributed by atoms with Crippen molar-refractivity contribution in [3.63, 3.8) is 0 Å². The van der Waals surface area contributed by atoms with Crippen LogP contribution in [0.2, 0.25) is 0 Å². The summed E-state index contributed by atoms with van der Waals surface area (Å²) in [5.41, 5.74) is 0. The molecule has 5 heteroatoms. The van der Waals surface area contributed by atoms with E-state index < -0.39 is 24.3 Å². The van der Waals surface area contributed by atoms with E-state index in [2.05, 4.69) is 0 Å². The number of fused-ring (bicyclic) bond motifs is 1. The summed E-state index contributed by atoms with van der Waals surface area (Å²) in [6.45, 7) is 5.16. The molecule has 2 aliphatic heterocycles. The Kier molecular flexibility index (Phi) is 2.77. The minimum absolute atomic E-state index is 0.129. The van der Waals surface area contributed by atoms with Gasteiger partial charge in [0.1, 0.15) is 6.10 Å². The van der Waals surface area contributed by atoms with E-state index >= 15 is 0 Å². The Morgan fingerprint density at radius 1 is 1.33 bits per heavy atom. The van der Waals surface area contributed by atoms with Crippen LogP contribution in [0.5, 0.6) is 0 Å². The summed E-state index contributed by atoms with van der Waals surface area (Å²) < 4.78 is 16.7. The lowest BCUT2D eigenvalue weighted by molar-refractivity contribution is -0.217. The second kappa shape index (κ2) is 3.68. The first-order valence-corrected chi connectivity index (χ1v) is 5.24. The van der Waals surface area contributed by atoms with E-state index in [4.69, 9.17) is 19.3 Å². The van der Waals surface area contributed by atoms with Crippen molar-refractivity contribution in [3.05, 3.63) is 0 Å². The third-order valence-electron chi connectivity index (χ3n) is 2.94. The van der Waals surface area contributed by atoms with Crippen molar-refractivity contribution in [1.29, 1.82) is 0 Å². The number of hydrogen-bond acceptors (Lipinski definition) is 5. The maximum atomic E-state index is 9.64. The van der Waals surface area contributed by atoms with Gasteiger partial charge >= 0.3 is 0 Å². The SMILES string of the molecule is CC(O)[C@H]1[C@H]2OC(C)(C)O[C@H]2O[C@@H]1CO. The number of rotatable bonds is 2. The van der Waals surface area contributed by atoms with Gasteiger partial charge in [-0.25, -0.2) is 0 Å². The van der Waals surface area contributed by atoms with Crippen LogP contribution in [0.15, 0.2) is 0 Å². The van der Waals surface area contributed by atoms with Gasteiger partial charge in [0.25, 0.3) is 0 Å². The van der Waals surface area contributed by atoms with Gasteiger partial charge in [0.05, 0.1) is 18.8 Å². The highest BCUT2D eigenvalue weighted by molar-refractivity contribution is 4.94. The van der Waals surface area contributed by atoms with Crippen LogP contribution in [0.3, 0.4) is 0 Å². The van der Waals surface area contributed by atoms with Crippen molar-refractivity contribution in [2.45, 2.75) is 51.2 Å². The molecule has 0 aliphatic carbocycles. The predicted molar refractivity (Wildman–Crippen MR) is 51.0 cm³/mol. The normalized spacial score (nSPS) is 45.4. The Bertz CT molecular complexity index is 240. The Balaban J connectivity index is 2.14. The lowest BCUT2D eigenvalue weighted by Crippen LogP contribution is -2.38. The zero-order valence-electron chi connectivity index (χ0n) is 9.21. The fourth-order valence-electron chi connectivity index (χ4n) is 2.35. The van der Waals surface area contributed by atoms with Gasteiger partial charge in [0.2, 0.25) is 0 Å². The molecule has 2 heterocycles. The van der Waals surface area contributed by atoms with Gasteiger partial charge in [0, 0.05) is 5.92 Å². The number of aliphatic hydroxyl groups excluding tert-OH is 2. The molecule has 0 amide bonds. The maximum absolute atomic E-state index is 9.64. The zero-order chi connectivity index (χ0) is 11.2. The van der Waals surface area contributed by atoms with Crippen LogP contribution >= 0.6 is 0 Å². The van der Waals surface area contributed by atoms with Gasteiger partial charge in [-0.1, -0.05) is 0 Å². The highest BCUT2D eigenvalue weighted by atomic mass is 16.8. The smallest absolute Gasteiger partial charge is 0.188 e. The van der Waals surface area contributed by atoms with Crippen LogP contribution in [0.1, 0.15) is 20.8 Å². The molecule has 2 saturated heterocycles. The Morgan fingerprint density at radius 3 is 2.53 bits per heavy atom. The van der Waals surface area contributed by atoms with Crippen LogP contribution < -0.4 is 0 Å². The molecule has 0 aromatic carbocycles. The average molecular weight is 218 g/mol. The maximum Gasteiger partial charge on any atom is 0.188 e. The summed E-state index contributed by atoms with van der Waals surface area (Å²) in [5, 5.41) is 18.8. The molecule has 5 nitrogen and oxygen atoms in total. The summed E-state index contributed by atoms with van der Waals surface area (Å²) >= 11 is 0. The molecule has 0 aromatic heterocycles. The van der Waals surface area contributed by atoms with Gasteiger partial charge < -0.3 is 24.4 Å². The third kappa shape index (κ3) is 1.90. The molecule has 0 bridgehead atoms. The number of hydrogen-bond donors (Lipinski definition) is 2. The molecule has 88 valence electrons. The molecular formula is C10H18O5. The van der Waals surface area contributed by atoms with Crippen molar-refractivity contribution < 1.29 is 24.4 Å². The van der Waals surface area contributed by atoms with E-state index in [1.165, 1.54) is 0 Å². The monoisotopic (exact) mass is 218 g/mol. The van der Waals surface area contributed by atoms with E-state index in [0.717, 1.165) is 0 Å². The van der Waals surface area contributed by atoms with E-state index in [1.807, 2.05) is 13.8 Å². The molecule has 0 radical (unpaired) electrons. The Morgan fingerprint density at radius 2 is 2.00 bits per heavy atom. The Labute approximate surface area is 88.9 Å². The summed E-state index contributed by atoms with van der Waals surface area (Å²) in [6.07, 6.45) is -1.76. The first-order valence-electron chi connectivity index (χ1n) is 5.24. The van der Waals surface area contributed by atoms with Gasteiger partial charge in [-0.15, -0.1) is 0 Å². The molecule has 0 saturated carbocycles. The molecule has 2 N–H and O–H groups in total. The van der Waals surface area contributed by atoms with Crippen molar-refractivity contribution in [1.82, 2.24) is 0 Å². The summed E-state index contributed by atoms with van der Waals surface area (Å²) in [4.78, 5) is 0. The highest BCUT2D eigenvalue weighted by Gasteiger charge is 2.55. The largest absolute Gasteiger partial charge is 0.394 e. The molecule has 2 fully saturated rings. The quantitative estimate of drug-likeness (QED) is 0.674. The second-order valence-electron chi connectivity index (χ2n) is 4.64. The molecule has 1 unspecified atom stereocenters. The van der Waals surface area contributed by atoms with E-state index in [0.29, 0.717) is 0 Å². The standard InChI is InChI=1S/C10H18O5/c1-5(12)7-6(4-11)13-9-8(7)14-10(2,3)15-9/h5-9,11-12H,4H2,1-3H3/t5?,6-,7-,8-,9-/m1/s1. The average Bonchev–Trinajstić information content (AvgIpc) is 2.54. The third-order valence-corrected chi connectivity index (χ3v) is 2.94. The first kappa shape index (κ1) is 11.3. The van der Waals surface area contributed by atoms with Crippen molar-refractivity contribution in [2.75, 3.05) is 6.61 Å². The topological polar surface area (TPSA) is 68.2 Å². The van der Waals surface area contributed by atoms with Crippen LogP contribution in [-0.4, -0.2) is 47.2 Å². The van der Waals surface area contributed by atoms with Crippen LogP contribution in [-0.2, 0) is 14.2 Å². The summed E-state index contributed by atoms with van der Waals surface area (Å²) in [6, 6.07) is 0. The lowest BCUT2D eigenvalue weighted by atomic mass is 9.93. The van der Waals surface area contributed by atoms with Crippen molar-refractivity contribution in [2.24, 2.45) is 5.92 Å². The van der Waals surface area contributed by atoms with E-state index in [-0.39, 0.29) is 18.6 Å². The highest BCUT2D eigenvalue weighted by Crippen LogP contribution is 2.41. The summed E-state index contributed by atoms with van der Waals surface area (Å²) in [5.74, 6) is -0.912. The molecule has 2 rings (SSSR count). The number of ether oxygens (including phenoxy) is 3. The van der Waals surface area contributed by atoms with Gasteiger partial charge in [0.15, 0.2) is 12.1 Å². The minimum Gasteiger partial charge on any atom is -0.394 e. The molecule has 15 heavy (non-hydrogen) atoms. The lowest BCUT2D eigenvalue weighted by Gasteiger charge is -2.26.